The summed E-state index contributed by atoms with van der Waals surface area (Å²) in [6, 6.07) is 0. The van der Waals surface area contributed by atoms with Gasteiger partial charge in [0, 0.05) is 36.6 Å². The zero-order valence-corrected chi connectivity index (χ0v) is 15.6. The van der Waals surface area contributed by atoms with Gasteiger partial charge in [-0.1, -0.05) is 6.92 Å². The quantitative estimate of drug-likeness (QED) is 0.799. The van der Waals surface area contributed by atoms with Crippen molar-refractivity contribution in [2.24, 2.45) is 0 Å². The average molecular weight is 313 g/mol. The van der Waals surface area contributed by atoms with E-state index in [1.165, 1.54) is 10.0 Å². The molecule has 0 bridgehead atoms. The molecule has 21 heavy (non-hydrogen) atoms. The fourth-order valence-corrected chi connectivity index (χ4v) is 3.00. The third kappa shape index (κ3) is 6.76. The topological polar surface area (TPSA) is 31.4 Å². The molecular formula is C16H32N4S. The monoisotopic (exact) mass is 312 g/mol. The Bertz CT molecular complexity index is 420. The molecule has 0 unspecified atom stereocenters. The first kappa shape index (κ1) is 18.4. The Morgan fingerprint density at radius 2 is 1.81 bits per heavy atom. The van der Waals surface area contributed by atoms with Crippen molar-refractivity contribution in [1.82, 2.24) is 15.2 Å². The van der Waals surface area contributed by atoms with Crippen LogP contribution in [0.1, 0.15) is 44.7 Å². The van der Waals surface area contributed by atoms with Crippen LogP contribution in [0.3, 0.4) is 0 Å². The lowest BCUT2D eigenvalue weighted by Gasteiger charge is -2.23. The third-order valence-corrected chi connectivity index (χ3v) is 4.46. The first-order valence-corrected chi connectivity index (χ1v) is 8.65. The molecule has 1 rings (SSSR count). The summed E-state index contributed by atoms with van der Waals surface area (Å²) >= 11 is 1.83. The van der Waals surface area contributed by atoms with Crippen LogP contribution in [0.15, 0.2) is 0 Å². The van der Waals surface area contributed by atoms with Crippen molar-refractivity contribution in [3.8, 4) is 0 Å². The first-order chi connectivity index (χ1) is 9.73. The number of aryl methyl sites for hydroxylation is 1. The maximum atomic E-state index is 4.79. The van der Waals surface area contributed by atoms with Gasteiger partial charge in [0.1, 0.15) is 0 Å². The van der Waals surface area contributed by atoms with Gasteiger partial charge in [-0.3, -0.25) is 0 Å². The van der Waals surface area contributed by atoms with Crippen molar-refractivity contribution >= 4 is 16.5 Å². The van der Waals surface area contributed by atoms with Crippen molar-refractivity contribution in [2.45, 2.75) is 53.1 Å². The van der Waals surface area contributed by atoms with Crippen LogP contribution < -0.4 is 10.2 Å². The normalized spacial score (nSPS) is 12.2. The van der Waals surface area contributed by atoms with E-state index in [4.69, 9.17) is 4.98 Å². The van der Waals surface area contributed by atoms with E-state index in [1.54, 1.807) is 0 Å². The summed E-state index contributed by atoms with van der Waals surface area (Å²) in [4.78, 5) is 10.8. The van der Waals surface area contributed by atoms with Crippen LogP contribution in [0.5, 0.6) is 0 Å². The summed E-state index contributed by atoms with van der Waals surface area (Å²) in [6.45, 7) is 15.0. The number of thiazole rings is 1. The maximum Gasteiger partial charge on any atom is 0.185 e. The van der Waals surface area contributed by atoms with Gasteiger partial charge in [-0.25, -0.2) is 4.98 Å². The van der Waals surface area contributed by atoms with Gasteiger partial charge >= 0.3 is 0 Å². The predicted molar refractivity (Wildman–Crippen MR) is 94.5 cm³/mol. The molecule has 5 heteroatoms. The number of hydrogen-bond donors (Lipinski definition) is 1. The van der Waals surface area contributed by atoms with E-state index in [9.17, 15) is 0 Å². The fraction of sp³-hybridized carbons (Fsp3) is 0.812. The van der Waals surface area contributed by atoms with Gasteiger partial charge in [0.2, 0.25) is 0 Å². The van der Waals surface area contributed by atoms with Crippen molar-refractivity contribution in [3.63, 3.8) is 0 Å². The molecule has 1 aromatic rings. The first-order valence-electron chi connectivity index (χ1n) is 7.84. The minimum atomic E-state index is 0.143. The zero-order valence-electron chi connectivity index (χ0n) is 14.8. The number of aromatic nitrogens is 1. The lowest BCUT2D eigenvalue weighted by molar-refractivity contribution is 0.413. The molecule has 0 amide bonds. The molecule has 0 aromatic carbocycles. The number of likely N-dealkylation sites (N-methyl/N-ethyl adjacent to an activating group) is 1. The number of nitrogens with zero attached hydrogens (tertiary/aromatic N) is 3. The Labute approximate surface area is 134 Å². The molecule has 0 aliphatic rings. The van der Waals surface area contributed by atoms with Crippen LogP contribution >= 0.6 is 11.3 Å². The summed E-state index contributed by atoms with van der Waals surface area (Å²) in [7, 11) is 4.24. The molecule has 0 atom stereocenters. The molecule has 1 heterocycles. The largest absolute Gasteiger partial charge is 0.347 e. The predicted octanol–water partition coefficient (Wildman–Crippen LogP) is 3.12. The Hall–Kier alpha value is -0.650. The van der Waals surface area contributed by atoms with E-state index >= 15 is 0 Å². The second-order valence-electron chi connectivity index (χ2n) is 6.90. The second kappa shape index (κ2) is 8.11. The highest BCUT2D eigenvalue weighted by Crippen LogP contribution is 2.26. The molecule has 0 saturated heterocycles. The highest BCUT2D eigenvalue weighted by Gasteiger charge is 2.16. The molecule has 0 fully saturated rings. The number of anilines is 1. The average Bonchev–Trinajstić information content (AvgIpc) is 2.72. The van der Waals surface area contributed by atoms with Gasteiger partial charge in [-0.2, -0.15) is 0 Å². The van der Waals surface area contributed by atoms with Crippen LogP contribution in [0.25, 0.3) is 0 Å². The smallest absolute Gasteiger partial charge is 0.185 e. The molecule has 1 aromatic heterocycles. The maximum absolute atomic E-state index is 4.79. The van der Waals surface area contributed by atoms with Crippen LogP contribution in [0.2, 0.25) is 0 Å². The van der Waals surface area contributed by atoms with E-state index in [2.05, 4.69) is 63.8 Å². The van der Waals surface area contributed by atoms with Crippen LogP contribution in [0, 0.1) is 6.92 Å². The zero-order chi connectivity index (χ0) is 16.0. The third-order valence-electron chi connectivity index (χ3n) is 3.24. The van der Waals surface area contributed by atoms with Crippen molar-refractivity contribution in [1.29, 1.82) is 0 Å². The van der Waals surface area contributed by atoms with E-state index in [0.717, 1.165) is 38.3 Å². The van der Waals surface area contributed by atoms with E-state index in [0.29, 0.717) is 0 Å². The molecule has 122 valence electrons. The molecule has 0 spiro atoms. The molecule has 0 aliphatic carbocycles. The minimum absolute atomic E-state index is 0.143. The van der Waals surface area contributed by atoms with E-state index in [-0.39, 0.29) is 5.54 Å². The Kier molecular flexibility index (Phi) is 7.10. The summed E-state index contributed by atoms with van der Waals surface area (Å²) in [5, 5.41) is 4.73. The SMILES string of the molecule is CCCN(CCN(C)C)c1nc(C)c(CNC(C)(C)C)s1. The number of hydrogen-bond acceptors (Lipinski definition) is 5. The van der Waals surface area contributed by atoms with Gasteiger partial charge in [0.25, 0.3) is 0 Å². The Balaban J connectivity index is 2.75. The molecular weight excluding hydrogens is 280 g/mol. The highest BCUT2D eigenvalue weighted by molar-refractivity contribution is 7.15. The van der Waals surface area contributed by atoms with Crippen molar-refractivity contribution in [3.05, 3.63) is 10.6 Å². The number of nitrogens with one attached hydrogen (secondary N) is 1. The van der Waals surface area contributed by atoms with E-state index < -0.39 is 0 Å². The fourth-order valence-electron chi connectivity index (χ4n) is 1.95. The van der Waals surface area contributed by atoms with Crippen molar-refractivity contribution in [2.75, 3.05) is 38.6 Å². The highest BCUT2D eigenvalue weighted by atomic mass is 32.1. The van der Waals surface area contributed by atoms with Gasteiger partial charge in [0.05, 0.1) is 5.69 Å². The van der Waals surface area contributed by atoms with Crippen molar-refractivity contribution < 1.29 is 0 Å². The van der Waals surface area contributed by atoms with Crippen LogP contribution in [0.4, 0.5) is 5.13 Å². The summed E-state index contributed by atoms with van der Waals surface area (Å²) in [5.74, 6) is 0. The summed E-state index contributed by atoms with van der Waals surface area (Å²) in [6.07, 6.45) is 1.15. The van der Waals surface area contributed by atoms with Gasteiger partial charge in [0.15, 0.2) is 5.13 Å². The summed E-state index contributed by atoms with van der Waals surface area (Å²) < 4.78 is 0. The molecule has 0 aliphatic heterocycles. The molecule has 0 radical (unpaired) electrons. The lowest BCUT2D eigenvalue weighted by atomic mass is 10.1. The van der Waals surface area contributed by atoms with Gasteiger partial charge < -0.3 is 15.1 Å². The van der Waals surface area contributed by atoms with Crippen LogP contribution in [-0.4, -0.2) is 49.2 Å². The number of rotatable bonds is 8. The standard InChI is InChI=1S/C16H32N4S/c1-8-9-20(11-10-19(6)7)15-18-13(2)14(21-15)12-17-16(3,4)5/h17H,8-12H2,1-7H3. The summed E-state index contributed by atoms with van der Waals surface area (Å²) in [5.41, 5.74) is 1.31. The van der Waals surface area contributed by atoms with E-state index in [1.807, 2.05) is 11.3 Å². The minimum Gasteiger partial charge on any atom is -0.347 e. The van der Waals surface area contributed by atoms with Crippen LogP contribution in [-0.2, 0) is 6.54 Å². The molecule has 0 saturated carbocycles. The lowest BCUT2D eigenvalue weighted by Crippen LogP contribution is -2.35. The Morgan fingerprint density at radius 3 is 2.33 bits per heavy atom. The molecule has 1 N–H and O–H groups in total. The Morgan fingerprint density at radius 1 is 1.14 bits per heavy atom. The van der Waals surface area contributed by atoms with Gasteiger partial charge in [-0.05, 0) is 48.2 Å². The second-order valence-corrected chi connectivity index (χ2v) is 7.96. The van der Waals surface area contributed by atoms with Gasteiger partial charge in [-0.15, -0.1) is 11.3 Å². The molecule has 4 nitrogen and oxygen atoms in total.